The lowest BCUT2D eigenvalue weighted by molar-refractivity contribution is -0.133. The zero-order chi connectivity index (χ0) is 20.1. The molecule has 0 aliphatic carbocycles. The van der Waals surface area contributed by atoms with Gasteiger partial charge in [-0.3, -0.25) is 4.79 Å². The van der Waals surface area contributed by atoms with Gasteiger partial charge in [-0.1, -0.05) is 53.5 Å². The predicted octanol–water partition coefficient (Wildman–Crippen LogP) is 4.93. The summed E-state index contributed by atoms with van der Waals surface area (Å²) in [4.78, 5) is 19.9. The van der Waals surface area contributed by atoms with Gasteiger partial charge < -0.3 is 14.5 Å². The van der Waals surface area contributed by atoms with E-state index in [1.165, 1.54) is 0 Å². The molecule has 1 heterocycles. The van der Waals surface area contributed by atoms with E-state index in [1.54, 1.807) is 24.1 Å². The van der Waals surface area contributed by atoms with E-state index in [0.29, 0.717) is 36.0 Å². The first-order valence-electron chi connectivity index (χ1n) is 9.09. The molecule has 0 bridgehead atoms. The number of carbonyl (C=O) groups is 1. The van der Waals surface area contributed by atoms with Crippen molar-refractivity contribution in [1.29, 1.82) is 0 Å². The van der Waals surface area contributed by atoms with Gasteiger partial charge in [-0.15, -0.1) is 0 Å². The number of benzene rings is 2. The van der Waals surface area contributed by atoms with Crippen molar-refractivity contribution in [2.45, 2.75) is 32.4 Å². The molecule has 3 rings (SSSR count). The summed E-state index contributed by atoms with van der Waals surface area (Å²) in [5.74, 6) is 0.832. The number of ether oxygens (including phenoxy) is 1. The maximum absolute atomic E-state index is 12.5. The molecule has 0 aromatic heterocycles. The van der Waals surface area contributed by atoms with Crippen LogP contribution in [-0.4, -0.2) is 36.3 Å². The van der Waals surface area contributed by atoms with E-state index in [9.17, 15) is 4.79 Å². The number of nitrogens with zero attached hydrogens (tertiary/aromatic N) is 2. The highest BCUT2D eigenvalue weighted by Crippen LogP contribution is 2.26. The van der Waals surface area contributed by atoms with Gasteiger partial charge in [0.1, 0.15) is 5.75 Å². The number of rotatable bonds is 7. The molecule has 0 radical (unpaired) electrons. The molecule has 7 heteroatoms. The molecule has 148 valence electrons. The highest BCUT2D eigenvalue weighted by molar-refractivity contribution is 6.42. The molecule has 1 amide bonds. The Balaban J connectivity index is 1.67. The van der Waals surface area contributed by atoms with Crippen LogP contribution in [0, 0.1) is 0 Å². The van der Waals surface area contributed by atoms with E-state index in [4.69, 9.17) is 32.8 Å². The summed E-state index contributed by atoms with van der Waals surface area (Å²) >= 11 is 12.1. The first-order valence-corrected chi connectivity index (χ1v) is 9.84. The van der Waals surface area contributed by atoms with Gasteiger partial charge in [0, 0.05) is 24.9 Å². The fourth-order valence-electron chi connectivity index (χ4n) is 3.09. The molecule has 2 aromatic rings. The lowest BCUT2D eigenvalue weighted by Crippen LogP contribution is -2.36. The number of halogens is 2. The molecule has 1 aliphatic heterocycles. The van der Waals surface area contributed by atoms with Crippen LogP contribution in [0.3, 0.4) is 0 Å². The Labute approximate surface area is 174 Å². The second kappa shape index (κ2) is 9.30. The molecule has 1 aliphatic rings. The van der Waals surface area contributed by atoms with Gasteiger partial charge in [0.15, 0.2) is 6.10 Å². The summed E-state index contributed by atoms with van der Waals surface area (Å²) in [5.41, 5.74) is 2.68. The van der Waals surface area contributed by atoms with Crippen LogP contribution in [0.15, 0.2) is 47.6 Å². The van der Waals surface area contributed by atoms with Gasteiger partial charge in [0.2, 0.25) is 5.91 Å². The van der Waals surface area contributed by atoms with Crippen molar-refractivity contribution in [1.82, 2.24) is 4.90 Å². The average Bonchev–Trinajstić information content (AvgIpc) is 3.17. The largest absolute Gasteiger partial charge is 0.497 e. The summed E-state index contributed by atoms with van der Waals surface area (Å²) in [7, 11) is 1.63. The van der Waals surface area contributed by atoms with E-state index >= 15 is 0 Å². The van der Waals surface area contributed by atoms with Crippen LogP contribution in [0.2, 0.25) is 10.0 Å². The van der Waals surface area contributed by atoms with Crippen LogP contribution in [0.5, 0.6) is 5.75 Å². The fourth-order valence-corrected chi connectivity index (χ4v) is 3.39. The van der Waals surface area contributed by atoms with Crippen molar-refractivity contribution in [3.05, 3.63) is 63.6 Å². The van der Waals surface area contributed by atoms with Crippen molar-refractivity contribution in [2.24, 2.45) is 5.16 Å². The zero-order valence-corrected chi connectivity index (χ0v) is 17.3. The first-order chi connectivity index (χ1) is 13.5. The van der Waals surface area contributed by atoms with Crippen molar-refractivity contribution >= 4 is 34.8 Å². The molecule has 5 nitrogen and oxygen atoms in total. The number of carbonyl (C=O) groups excluding carboxylic acids is 1. The Morgan fingerprint density at radius 1 is 1.25 bits per heavy atom. The molecule has 0 saturated heterocycles. The highest BCUT2D eigenvalue weighted by Gasteiger charge is 2.26. The van der Waals surface area contributed by atoms with Gasteiger partial charge in [0.25, 0.3) is 0 Å². The lowest BCUT2D eigenvalue weighted by Gasteiger charge is -2.24. The van der Waals surface area contributed by atoms with E-state index in [-0.39, 0.29) is 12.0 Å². The Hall–Kier alpha value is -2.24. The summed E-state index contributed by atoms with van der Waals surface area (Å²) in [6.07, 6.45) is 0.825. The highest BCUT2D eigenvalue weighted by atomic mass is 35.5. The molecule has 2 aromatic carbocycles. The lowest BCUT2D eigenvalue weighted by atomic mass is 10.0. The van der Waals surface area contributed by atoms with Crippen molar-refractivity contribution in [3.63, 3.8) is 0 Å². The smallest absolute Gasteiger partial charge is 0.222 e. The molecular formula is C21H22Cl2N2O3. The van der Waals surface area contributed by atoms with Gasteiger partial charge in [-0.2, -0.15) is 0 Å². The number of hydrogen-bond acceptors (Lipinski definition) is 4. The Bertz CT molecular complexity index is 886. The quantitative estimate of drug-likeness (QED) is 0.637. The summed E-state index contributed by atoms with van der Waals surface area (Å²) < 4.78 is 5.27. The standard InChI is InChI=1S/C21H22Cl2N2O3/c1-3-21(26)25(12-14-5-4-6-16(9-14)27-2)13-17-11-20(24-28-17)15-7-8-18(22)19(23)10-15/h4-10,17H,3,11-13H2,1-2H3/t17-/m1/s1. The van der Waals surface area contributed by atoms with Gasteiger partial charge in [-0.05, 0) is 29.8 Å². The maximum Gasteiger partial charge on any atom is 0.222 e. The van der Waals surface area contributed by atoms with Crippen molar-refractivity contribution in [2.75, 3.05) is 13.7 Å². The van der Waals surface area contributed by atoms with Crippen LogP contribution in [0.4, 0.5) is 0 Å². The van der Waals surface area contributed by atoms with Crippen LogP contribution >= 0.6 is 23.2 Å². The van der Waals surface area contributed by atoms with E-state index in [1.807, 2.05) is 37.3 Å². The Morgan fingerprint density at radius 3 is 2.79 bits per heavy atom. The first kappa shape index (κ1) is 20.5. The minimum atomic E-state index is -0.203. The molecule has 0 fully saturated rings. The van der Waals surface area contributed by atoms with Crippen molar-refractivity contribution in [3.8, 4) is 5.75 Å². The second-order valence-corrected chi connectivity index (χ2v) is 7.39. The molecule has 0 saturated carbocycles. The fraction of sp³-hybridized carbons (Fsp3) is 0.333. The van der Waals surface area contributed by atoms with Crippen LogP contribution < -0.4 is 4.74 Å². The third kappa shape index (κ3) is 4.97. The molecule has 1 atom stereocenters. The van der Waals surface area contributed by atoms with E-state index in [2.05, 4.69) is 5.16 Å². The summed E-state index contributed by atoms with van der Waals surface area (Å²) in [6, 6.07) is 13.1. The topological polar surface area (TPSA) is 51.1 Å². The normalized spacial score (nSPS) is 15.7. The Morgan fingerprint density at radius 2 is 2.07 bits per heavy atom. The number of methoxy groups -OCH3 is 1. The molecular weight excluding hydrogens is 399 g/mol. The predicted molar refractivity (Wildman–Crippen MR) is 111 cm³/mol. The van der Waals surface area contributed by atoms with Crippen LogP contribution in [0.1, 0.15) is 30.9 Å². The Kier molecular flexibility index (Phi) is 6.81. The average molecular weight is 421 g/mol. The third-order valence-corrected chi connectivity index (χ3v) is 5.31. The van der Waals surface area contributed by atoms with Gasteiger partial charge in [0.05, 0.1) is 29.4 Å². The SMILES string of the molecule is CCC(=O)N(Cc1cccc(OC)c1)C[C@H]1CC(c2ccc(Cl)c(Cl)c2)=NO1. The molecule has 28 heavy (non-hydrogen) atoms. The van der Waals surface area contributed by atoms with E-state index < -0.39 is 0 Å². The van der Waals surface area contributed by atoms with Gasteiger partial charge in [-0.25, -0.2) is 0 Å². The van der Waals surface area contributed by atoms with Crippen LogP contribution in [-0.2, 0) is 16.2 Å². The third-order valence-electron chi connectivity index (χ3n) is 4.57. The number of oxime groups is 1. The van der Waals surface area contributed by atoms with E-state index in [0.717, 1.165) is 22.6 Å². The summed E-state index contributed by atoms with van der Waals surface area (Å²) in [5, 5.41) is 5.17. The molecule has 0 spiro atoms. The minimum Gasteiger partial charge on any atom is -0.497 e. The number of hydrogen-bond donors (Lipinski definition) is 0. The summed E-state index contributed by atoms with van der Waals surface area (Å²) in [6.45, 7) is 2.80. The van der Waals surface area contributed by atoms with Gasteiger partial charge >= 0.3 is 0 Å². The van der Waals surface area contributed by atoms with Crippen molar-refractivity contribution < 1.29 is 14.4 Å². The molecule has 0 unspecified atom stereocenters. The van der Waals surface area contributed by atoms with Crippen LogP contribution in [0.25, 0.3) is 0 Å². The zero-order valence-electron chi connectivity index (χ0n) is 15.8. The second-order valence-electron chi connectivity index (χ2n) is 6.58. The minimum absolute atomic E-state index is 0.0643. The number of amides is 1. The monoisotopic (exact) mass is 420 g/mol. The maximum atomic E-state index is 12.5. The molecule has 0 N–H and O–H groups in total.